The topological polar surface area (TPSA) is 63.4 Å². The molecule has 0 aliphatic rings. The molecule has 18 heavy (non-hydrogen) atoms. The number of sulfone groups is 1. The summed E-state index contributed by atoms with van der Waals surface area (Å²) in [6.45, 7) is 0.792. The standard InChI is InChI=1S/C12H19FN2O2S/c1-15(5-6-18(2,16)17)12-8-10(3-4-14)7-11(13)9-12/h7-9H,3-6,14H2,1-2H3. The first-order valence-electron chi connectivity index (χ1n) is 5.70. The normalized spacial score (nSPS) is 11.6. The summed E-state index contributed by atoms with van der Waals surface area (Å²) in [5, 5.41) is 0. The van der Waals surface area contributed by atoms with Crippen molar-refractivity contribution >= 4 is 15.5 Å². The molecule has 4 nitrogen and oxygen atoms in total. The second-order valence-corrected chi connectivity index (χ2v) is 6.67. The van der Waals surface area contributed by atoms with E-state index in [1.807, 2.05) is 6.07 Å². The number of nitrogens with two attached hydrogens (primary N) is 1. The number of anilines is 1. The van der Waals surface area contributed by atoms with Crippen LogP contribution in [0.5, 0.6) is 0 Å². The molecule has 1 aromatic carbocycles. The molecule has 0 aliphatic heterocycles. The number of nitrogens with zero attached hydrogens (tertiary/aromatic N) is 1. The van der Waals surface area contributed by atoms with Crippen LogP contribution in [0.4, 0.5) is 10.1 Å². The van der Waals surface area contributed by atoms with Gasteiger partial charge in [0.25, 0.3) is 0 Å². The molecule has 102 valence electrons. The fourth-order valence-electron chi connectivity index (χ4n) is 1.60. The third kappa shape index (κ3) is 5.01. The van der Waals surface area contributed by atoms with Gasteiger partial charge < -0.3 is 10.6 Å². The van der Waals surface area contributed by atoms with E-state index in [0.29, 0.717) is 25.2 Å². The molecule has 6 heteroatoms. The average Bonchev–Trinajstić information content (AvgIpc) is 2.24. The minimum absolute atomic E-state index is 0.0479. The lowest BCUT2D eigenvalue weighted by molar-refractivity contribution is 0.601. The minimum atomic E-state index is -3.01. The number of rotatable bonds is 6. The largest absolute Gasteiger partial charge is 0.373 e. The van der Waals surface area contributed by atoms with Crippen molar-refractivity contribution in [3.05, 3.63) is 29.6 Å². The van der Waals surface area contributed by atoms with Gasteiger partial charge in [0, 0.05) is 25.5 Å². The Kier molecular flexibility index (Phi) is 5.10. The lowest BCUT2D eigenvalue weighted by atomic mass is 10.1. The van der Waals surface area contributed by atoms with Crippen LogP contribution in [0.15, 0.2) is 18.2 Å². The fourth-order valence-corrected chi connectivity index (χ4v) is 2.20. The Morgan fingerprint density at radius 1 is 1.33 bits per heavy atom. The Morgan fingerprint density at radius 2 is 2.00 bits per heavy atom. The van der Waals surface area contributed by atoms with E-state index >= 15 is 0 Å². The summed E-state index contributed by atoms with van der Waals surface area (Å²) in [4.78, 5) is 1.73. The second-order valence-electron chi connectivity index (χ2n) is 4.41. The van der Waals surface area contributed by atoms with E-state index in [9.17, 15) is 12.8 Å². The first kappa shape index (κ1) is 14.9. The van der Waals surface area contributed by atoms with Crippen LogP contribution < -0.4 is 10.6 Å². The third-order valence-corrected chi connectivity index (χ3v) is 3.54. The summed E-state index contributed by atoms with van der Waals surface area (Å²) in [6.07, 6.45) is 1.79. The van der Waals surface area contributed by atoms with Crippen LogP contribution in [0.2, 0.25) is 0 Å². The van der Waals surface area contributed by atoms with Crippen LogP contribution in [0.3, 0.4) is 0 Å². The smallest absolute Gasteiger partial charge is 0.149 e. The lowest BCUT2D eigenvalue weighted by Crippen LogP contribution is -2.25. The molecule has 0 saturated carbocycles. The van der Waals surface area contributed by atoms with E-state index in [1.54, 1.807) is 11.9 Å². The van der Waals surface area contributed by atoms with Gasteiger partial charge in [-0.05, 0) is 36.7 Å². The molecular weight excluding hydrogens is 255 g/mol. The SMILES string of the molecule is CN(CCS(C)(=O)=O)c1cc(F)cc(CCN)c1. The number of benzene rings is 1. The zero-order valence-electron chi connectivity index (χ0n) is 10.7. The van der Waals surface area contributed by atoms with Crippen molar-refractivity contribution < 1.29 is 12.8 Å². The Balaban J connectivity index is 2.81. The van der Waals surface area contributed by atoms with Gasteiger partial charge in [-0.1, -0.05) is 0 Å². The van der Waals surface area contributed by atoms with Crippen molar-refractivity contribution in [3.63, 3.8) is 0 Å². The molecule has 0 amide bonds. The predicted molar refractivity (Wildman–Crippen MR) is 72.1 cm³/mol. The lowest BCUT2D eigenvalue weighted by Gasteiger charge is -2.19. The molecule has 1 rings (SSSR count). The summed E-state index contributed by atoms with van der Waals surface area (Å²) in [6, 6.07) is 4.67. The van der Waals surface area contributed by atoms with Crippen molar-refractivity contribution in [2.75, 3.05) is 37.0 Å². The van der Waals surface area contributed by atoms with Gasteiger partial charge in [-0.3, -0.25) is 0 Å². The van der Waals surface area contributed by atoms with E-state index in [0.717, 1.165) is 5.56 Å². The second kappa shape index (κ2) is 6.15. The number of hydrogen-bond acceptors (Lipinski definition) is 4. The molecule has 0 unspecified atom stereocenters. The van der Waals surface area contributed by atoms with Gasteiger partial charge in [0.1, 0.15) is 15.7 Å². The van der Waals surface area contributed by atoms with Crippen molar-refractivity contribution in [2.45, 2.75) is 6.42 Å². The molecule has 0 spiro atoms. The Labute approximate surface area is 108 Å². The van der Waals surface area contributed by atoms with Crippen LogP contribution in [0.25, 0.3) is 0 Å². The first-order chi connectivity index (χ1) is 8.31. The van der Waals surface area contributed by atoms with Crippen LogP contribution in [-0.4, -0.2) is 40.6 Å². The molecule has 2 N–H and O–H groups in total. The summed E-state index contributed by atoms with van der Waals surface area (Å²) in [5.41, 5.74) is 6.92. The van der Waals surface area contributed by atoms with E-state index in [-0.39, 0.29) is 11.6 Å². The van der Waals surface area contributed by atoms with Gasteiger partial charge in [0.2, 0.25) is 0 Å². The maximum absolute atomic E-state index is 13.4. The summed E-state index contributed by atoms with van der Waals surface area (Å²) >= 11 is 0. The monoisotopic (exact) mass is 274 g/mol. The van der Waals surface area contributed by atoms with Gasteiger partial charge in [0.15, 0.2) is 0 Å². The molecule has 1 aromatic rings. The Hall–Kier alpha value is -1.14. The highest BCUT2D eigenvalue weighted by molar-refractivity contribution is 7.90. The molecule has 0 heterocycles. The van der Waals surface area contributed by atoms with Crippen LogP contribution in [0, 0.1) is 5.82 Å². The van der Waals surface area contributed by atoms with E-state index in [4.69, 9.17) is 5.73 Å². The summed E-state index contributed by atoms with van der Waals surface area (Å²) in [5.74, 6) is -0.283. The average molecular weight is 274 g/mol. The van der Waals surface area contributed by atoms with E-state index < -0.39 is 9.84 Å². The fraction of sp³-hybridized carbons (Fsp3) is 0.500. The molecule has 0 fully saturated rings. The quantitative estimate of drug-likeness (QED) is 0.833. The summed E-state index contributed by atoms with van der Waals surface area (Å²) in [7, 11) is -1.27. The molecule has 0 saturated heterocycles. The van der Waals surface area contributed by atoms with Gasteiger partial charge >= 0.3 is 0 Å². The first-order valence-corrected chi connectivity index (χ1v) is 7.76. The number of halogens is 1. The van der Waals surface area contributed by atoms with E-state index in [2.05, 4.69) is 0 Å². The molecular formula is C12H19FN2O2S. The summed E-state index contributed by atoms with van der Waals surface area (Å²) < 4.78 is 35.6. The molecule has 0 bridgehead atoms. The van der Waals surface area contributed by atoms with E-state index in [1.165, 1.54) is 18.4 Å². The highest BCUT2D eigenvalue weighted by Gasteiger charge is 2.08. The van der Waals surface area contributed by atoms with Crippen molar-refractivity contribution in [2.24, 2.45) is 5.73 Å². The Morgan fingerprint density at radius 3 is 2.56 bits per heavy atom. The molecule has 0 atom stereocenters. The Bertz CT molecular complexity index is 503. The zero-order valence-corrected chi connectivity index (χ0v) is 11.5. The zero-order chi connectivity index (χ0) is 13.8. The van der Waals surface area contributed by atoms with Crippen molar-refractivity contribution in [1.82, 2.24) is 0 Å². The van der Waals surface area contributed by atoms with Gasteiger partial charge in [-0.2, -0.15) is 0 Å². The van der Waals surface area contributed by atoms with Crippen molar-refractivity contribution in [1.29, 1.82) is 0 Å². The van der Waals surface area contributed by atoms with Gasteiger partial charge in [-0.15, -0.1) is 0 Å². The minimum Gasteiger partial charge on any atom is -0.373 e. The third-order valence-electron chi connectivity index (χ3n) is 2.61. The predicted octanol–water partition coefficient (Wildman–Crippen LogP) is 0.808. The van der Waals surface area contributed by atoms with Crippen LogP contribution in [0.1, 0.15) is 5.56 Å². The van der Waals surface area contributed by atoms with Crippen LogP contribution >= 0.6 is 0 Å². The maximum Gasteiger partial charge on any atom is 0.149 e. The highest BCUT2D eigenvalue weighted by atomic mass is 32.2. The van der Waals surface area contributed by atoms with Gasteiger partial charge in [0.05, 0.1) is 5.75 Å². The maximum atomic E-state index is 13.4. The molecule has 0 aromatic heterocycles. The van der Waals surface area contributed by atoms with Crippen LogP contribution in [-0.2, 0) is 16.3 Å². The van der Waals surface area contributed by atoms with Gasteiger partial charge in [-0.25, -0.2) is 12.8 Å². The highest BCUT2D eigenvalue weighted by Crippen LogP contribution is 2.17. The van der Waals surface area contributed by atoms with Crippen molar-refractivity contribution in [3.8, 4) is 0 Å². The molecule has 0 aliphatic carbocycles. The number of hydrogen-bond donors (Lipinski definition) is 1. The molecule has 0 radical (unpaired) electrons.